The van der Waals surface area contributed by atoms with Crippen LogP contribution in [0, 0.1) is 125 Å². The fourth-order valence-electron chi connectivity index (χ4n) is 18.6. The van der Waals surface area contributed by atoms with Crippen molar-refractivity contribution in [1.82, 2.24) is 34.7 Å². The first kappa shape index (κ1) is 122. The lowest BCUT2D eigenvalue weighted by atomic mass is 9.77. The number of Topliss-reactive ketones (excluding diaryl/α,β-unsaturated/α-hetero) is 2. The molecule has 746 valence electrons. The average molecular weight is 1790 g/mol. The van der Waals surface area contributed by atoms with Crippen LogP contribution in [0.3, 0.4) is 0 Å². The molecule has 12 rings (SSSR count). The molecule has 0 radical (unpaired) electrons. The van der Waals surface area contributed by atoms with E-state index in [-0.39, 0.29) is 65.0 Å². The second-order valence-corrected chi connectivity index (χ2v) is 45.9. The summed E-state index contributed by atoms with van der Waals surface area (Å²) in [5.41, 5.74) is 21.8. The van der Waals surface area contributed by atoms with Gasteiger partial charge in [0, 0.05) is 140 Å². The molecule has 10 aliphatic rings. The SMILES string of the molecule is C.C=C1CC2(CN(CC(C)C)C2)C(=O)N1.CC(=O)C1CN(CC(C)C)C1.CC(C)C(O)C(=O)CC1(C)CC1.CC(C)CN1CC(C)C1.CC(C)CN1CCCC(C)C1.CC(C)CN1CCOCC1C.CCC1(N)CCC(C(C)C)C1.CCC1(N)CCC(C(C)C)C1.CCC1CCCN(CC(O)C(C)C)C1.Cc1ccoc1C(N)C(C)C.Cc1ccoc1C(O)C(C)C. The summed E-state index contributed by atoms with van der Waals surface area (Å²) in [5, 5.41) is 31.6. The lowest BCUT2D eigenvalue weighted by Crippen LogP contribution is -2.60. The summed E-state index contributed by atoms with van der Waals surface area (Å²) in [5.74, 6) is 13.6. The van der Waals surface area contributed by atoms with E-state index in [1.165, 1.54) is 130 Å². The molecule has 2 aromatic heterocycles. The Kier molecular flexibility index (Phi) is 58.3. The lowest BCUT2D eigenvalue weighted by Gasteiger charge is -2.46. The smallest absolute Gasteiger partial charge is 0.233 e. The molecular weight excluding hydrogens is 1580 g/mol. The first-order chi connectivity index (χ1) is 58.6. The first-order valence-electron chi connectivity index (χ1n) is 51.1. The number of aliphatic hydroxyl groups is 3. The van der Waals surface area contributed by atoms with Gasteiger partial charge in [0.2, 0.25) is 5.91 Å². The maximum absolute atomic E-state index is 11.6. The van der Waals surface area contributed by atoms with Gasteiger partial charge < -0.3 is 75.9 Å². The highest BCUT2D eigenvalue weighted by molar-refractivity contribution is 5.89. The summed E-state index contributed by atoms with van der Waals surface area (Å²) in [7, 11) is 0. The number of furan rings is 2. The van der Waals surface area contributed by atoms with Crippen molar-refractivity contribution in [1.29, 1.82) is 0 Å². The Hall–Kier alpha value is -3.41. The van der Waals surface area contributed by atoms with E-state index in [4.69, 9.17) is 30.8 Å². The van der Waals surface area contributed by atoms with E-state index in [1.807, 2.05) is 53.7 Å². The van der Waals surface area contributed by atoms with Gasteiger partial charge in [-0.2, -0.15) is 0 Å². The second-order valence-electron chi connectivity index (χ2n) is 45.9. The molecule has 2 aromatic rings. The van der Waals surface area contributed by atoms with Crippen LogP contribution in [0.2, 0.25) is 0 Å². The van der Waals surface area contributed by atoms with E-state index in [1.54, 1.807) is 19.5 Å². The Bertz CT molecular complexity index is 3130. The quantitative estimate of drug-likeness (QED) is 0.0439. The number of nitrogens with two attached hydrogens (primary N) is 3. The molecule has 0 aromatic carbocycles. The Morgan fingerprint density at radius 1 is 0.559 bits per heavy atom. The fraction of sp³-hybridized carbons (Fsp3) is 0.880. The molecule has 11 atom stereocenters. The zero-order chi connectivity index (χ0) is 95.9. The second kappa shape index (κ2) is 60.8. The summed E-state index contributed by atoms with van der Waals surface area (Å²) < 4.78 is 15.8. The van der Waals surface area contributed by atoms with Crippen LogP contribution in [0.25, 0.3) is 0 Å². The van der Waals surface area contributed by atoms with Crippen molar-refractivity contribution in [3.05, 3.63) is 59.6 Å². The number of allylic oxidation sites excluding steroid dienone is 1. The Morgan fingerprint density at radius 3 is 1.36 bits per heavy atom. The van der Waals surface area contributed by atoms with Gasteiger partial charge in [0.15, 0.2) is 5.78 Å². The summed E-state index contributed by atoms with van der Waals surface area (Å²) in [6.45, 7) is 94.4. The number of likely N-dealkylation sites (tertiary alicyclic amines) is 5. The van der Waals surface area contributed by atoms with E-state index < -0.39 is 12.2 Å². The van der Waals surface area contributed by atoms with Crippen molar-refractivity contribution in [2.24, 2.45) is 129 Å². The van der Waals surface area contributed by atoms with Gasteiger partial charge in [-0.1, -0.05) is 214 Å². The standard InChI is InChI=1S/C12H25NO.C11H18N2O.3C10H21N.C10H18O2.C9H17NO.C9H19NO.C9H15NO.C9H14O2.C8H17N.CH4/c1-4-11-6-5-7-13(8-11)9-12(14)10(2)3;1-8(2)5-13-6-11(7-13)4-9(3)12-10(11)14;1-9(2)7-11-6-4-5-10(3)8-11;2*1-4-10(11)6-5-9(7-10)8(2)3;1-7(2)9(12)8(11)6-10(3)4-5-10;1-7(2)4-10-5-9(6-10)8(3)11;1-8(2)6-10-4-5-11-7-9(10)3;2*1-6(2)8(10)9-7(3)4-5-11-9;1-7(2)4-9-5-8(3)6-9;/h10-12,14H,4-9H2,1-3H3;8H,3-7H2,1-2H3,(H,12,14);9-10H,4-8H2,1-3H3;2*8-9H,4-7,11H2,1-3H3;7,9,12H,4-6H2,1-3H3;7,9H,4-6H2,1-3H3;8-9H,4-7H2,1-3H3;4-6,8H,10H2,1-3H3;4-6,8,10H,1-3H3;7-8H,4-6H2,1-3H3;1H4. The van der Waals surface area contributed by atoms with Crippen molar-refractivity contribution < 1.29 is 43.3 Å². The molecule has 127 heavy (non-hydrogen) atoms. The lowest BCUT2D eigenvalue weighted by molar-refractivity contribution is -0.137. The number of ether oxygens (including phenoxy) is 1. The van der Waals surface area contributed by atoms with Crippen LogP contribution < -0.4 is 22.5 Å². The molecule has 3 saturated carbocycles. The molecule has 0 bridgehead atoms. The van der Waals surface area contributed by atoms with Crippen LogP contribution in [-0.4, -0.2) is 216 Å². The van der Waals surface area contributed by atoms with E-state index in [0.29, 0.717) is 47.7 Å². The van der Waals surface area contributed by atoms with Crippen molar-refractivity contribution >= 4 is 17.5 Å². The Morgan fingerprint density at radius 2 is 1.01 bits per heavy atom. The number of morpholine rings is 1. The molecule has 9 heterocycles. The van der Waals surface area contributed by atoms with Gasteiger partial charge >= 0.3 is 0 Å². The maximum Gasteiger partial charge on any atom is 0.233 e. The number of aliphatic hydroxyl groups excluding tert-OH is 3. The van der Waals surface area contributed by atoms with Gasteiger partial charge in [-0.25, -0.2) is 0 Å². The van der Waals surface area contributed by atoms with Crippen LogP contribution in [0.15, 0.2) is 45.8 Å². The third-order valence-electron chi connectivity index (χ3n) is 27.8. The largest absolute Gasteiger partial charge is 0.467 e. The molecule has 1 amide bonds. The van der Waals surface area contributed by atoms with Crippen molar-refractivity contribution in [3.8, 4) is 0 Å². The monoisotopic (exact) mass is 1790 g/mol. The number of hydrogen-bond acceptors (Lipinski definition) is 18. The van der Waals surface area contributed by atoms with Crippen molar-refractivity contribution in [2.45, 2.75) is 380 Å². The number of carbonyl (C=O) groups is 3. The van der Waals surface area contributed by atoms with Crippen molar-refractivity contribution in [3.63, 3.8) is 0 Å². The number of hydrogen-bond donors (Lipinski definition) is 7. The van der Waals surface area contributed by atoms with Crippen LogP contribution in [-0.2, 0) is 19.1 Å². The predicted molar refractivity (Wildman–Crippen MR) is 540 cm³/mol. The first-order valence-corrected chi connectivity index (χ1v) is 51.1. The minimum absolute atomic E-state index is 0. The molecule has 19 heteroatoms. The highest BCUT2D eigenvalue weighted by Gasteiger charge is 2.53. The minimum Gasteiger partial charge on any atom is -0.467 e. The molecule has 7 aliphatic heterocycles. The predicted octanol–water partition coefficient (Wildman–Crippen LogP) is 21.6. The number of nitrogens with zero attached hydrogens (tertiary/aromatic N) is 6. The maximum atomic E-state index is 11.6. The number of aryl methyl sites for hydroxylation is 2. The van der Waals surface area contributed by atoms with Crippen LogP contribution in [0.1, 0.15) is 359 Å². The van der Waals surface area contributed by atoms with Gasteiger partial charge in [-0.05, 0) is 254 Å². The molecule has 11 unspecified atom stereocenters. The average Bonchev–Trinajstić information content (AvgIpc) is 1.62. The zero-order valence-electron chi connectivity index (χ0n) is 87.9. The topological polar surface area (TPSA) is 257 Å². The summed E-state index contributed by atoms with van der Waals surface area (Å²) in [6.07, 6.45) is 22.4. The summed E-state index contributed by atoms with van der Waals surface area (Å²) >= 11 is 0. The number of ketones is 2. The van der Waals surface area contributed by atoms with Gasteiger partial charge in [0.25, 0.3) is 0 Å². The fourth-order valence-corrected chi connectivity index (χ4v) is 18.6. The molecular formula is C108H210N10O9. The number of piperidine rings is 2. The number of amides is 1. The number of carbonyl (C=O) groups excluding carboxylic acids is 3. The molecule has 1 spiro atoms. The molecule has 10 N–H and O–H groups in total. The molecule has 10 fully saturated rings. The summed E-state index contributed by atoms with van der Waals surface area (Å²) in [6, 6.07) is 4.45. The number of nitrogens with one attached hydrogen (secondary N) is 1. The third kappa shape index (κ3) is 48.1. The Balaban J connectivity index is 0.000000699. The minimum atomic E-state index is -0.748. The molecule has 3 aliphatic carbocycles. The number of β-amino-alcohol motifs (C(OH)–C–C–N with tert-alkyl or cyclic N) is 1. The van der Waals surface area contributed by atoms with Gasteiger partial charge in [-0.15, -0.1) is 0 Å². The summed E-state index contributed by atoms with van der Waals surface area (Å²) in [4.78, 5) is 48.6. The number of rotatable bonds is 27. The molecule has 19 nitrogen and oxygen atoms in total. The Labute approximate surface area is 783 Å². The van der Waals surface area contributed by atoms with E-state index in [0.717, 1.165) is 185 Å². The molecule has 7 saturated heterocycles. The van der Waals surface area contributed by atoms with Crippen LogP contribution in [0.5, 0.6) is 0 Å². The van der Waals surface area contributed by atoms with Crippen LogP contribution in [0.4, 0.5) is 0 Å². The normalized spacial score (nSPS) is 25.2. The highest BCUT2D eigenvalue weighted by Crippen LogP contribution is 2.49. The van der Waals surface area contributed by atoms with Gasteiger partial charge in [0.1, 0.15) is 29.5 Å². The van der Waals surface area contributed by atoms with E-state index >= 15 is 0 Å². The third-order valence-corrected chi connectivity index (χ3v) is 27.8. The van der Waals surface area contributed by atoms with Gasteiger partial charge in [0.05, 0.1) is 43.3 Å². The zero-order valence-corrected chi connectivity index (χ0v) is 87.9. The van der Waals surface area contributed by atoms with Crippen molar-refractivity contribution in [2.75, 3.05) is 124 Å². The van der Waals surface area contributed by atoms with E-state index in [2.05, 4.69) is 214 Å². The van der Waals surface area contributed by atoms with E-state index in [9.17, 15) is 29.7 Å². The highest BCUT2D eigenvalue weighted by atomic mass is 16.5. The van der Waals surface area contributed by atoms with Gasteiger partial charge in [-0.3, -0.25) is 19.3 Å². The van der Waals surface area contributed by atoms with Crippen LogP contribution >= 0.6 is 0 Å².